The summed E-state index contributed by atoms with van der Waals surface area (Å²) < 4.78 is 5.08. The van der Waals surface area contributed by atoms with Crippen LogP contribution in [0.2, 0.25) is 5.02 Å². The van der Waals surface area contributed by atoms with Crippen molar-refractivity contribution in [2.24, 2.45) is 0 Å². The van der Waals surface area contributed by atoms with Gasteiger partial charge in [-0.2, -0.15) is 0 Å². The second-order valence-electron chi connectivity index (χ2n) is 8.21. The molecule has 2 N–H and O–H groups in total. The number of hydrogen-bond donors (Lipinski definition) is 2. The Morgan fingerprint density at radius 1 is 0.971 bits per heavy atom. The fourth-order valence-corrected chi connectivity index (χ4v) is 4.35. The summed E-state index contributed by atoms with van der Waals surface area (Å²) in [6.07, 6.45) is 1.63. The van der Waals surface area contributed by atoms with Crippen molar-refractivity contribution >= 4 is 34.8 Å². The van der Waals surface area contributed by atoms with Crippen LogP contribution in [0.25, 0.3) is 0 Å². The van der Waals surface area contributed by atoms with E-state index in [0.29, 0.717) is 35.0 Å². The quantitative estimate of drug-likeness (QED) is 0.452. The van der Waals surface area contributed by atoms with Crippen LogP contribution in [-0.2, 0) is 17.7 Å². The molecule has 7 heteroatoms. The van der Waals surface area contributed by atoms with E-state index in [9.17, 15) is 9.59 Å². The van der Waals surface area contributed by atoms with Gasteiger partial charge in [-0.3, -0.25) is 9.59 Å². The molecular formula is C27H28ClN3O3. The molecule has 0 radical (unpaired) electrons. The Morgan fingerprint density at radius 2 is 1.74 bits per heavy atom. The molecule has 6 nitrogen and oxygen atoms in total. The molecule has 0 spiro atoms. The van der Waals surface area contributed by atoms with E-state index >= 15 is 0 Å². The largest absolute Gasteiger partial charge is 0.385 e. The number of halogens is 1. The van der Waals surface area contributed by atoms with Gasteiger partial charge in [0, 0.05) is 44.7 Å². The van der Waals surface area contributed by atoms with Crippen LogP contribution >= 0.6 is 11.6 Å². The summed E-state index contributed by atoms with van der Waals surface area (Å²) in [5.41, 5.74) is 4.88. The summed E-state index contributed by atoms with van der Waals surface area (Å²) in [4.78, 5) is 28.1. The molecule has 176 valence electrons. The summed E-state index contributed by atoms with van der Waals surface area (Å²) in [7, 11) is 1.64. The molecular weight excluding hydrogens is 450 g/mol. The molecule has 0 bridgehead atoms. The van der Waals surface area contributed by atoms with Gasteiger partial charge in [0.15, 0.2) is 0 Å². The Balaban J connectivity index is 1.60. The van der Waals surface area contributed by atoms with E-state index in [-0.39, 0.29) is 11.8 Å². The Kier molecular flexibility index (Phi) is 7.83. The van der Waals surface area contributed by atoms with Crippen molar-refractivity contribution in [3.05, 3.63) is 94.0 Å². The molecule has 0 saturated heterocycles. The lowest BCUT2D eigenvalue weighted by molar-refractivity contribution is 0.0947. The summed E-state index contributed by atoms with van der Waals surface area (Å²) in [6, 6.07) is 20.7. The third-order valence-electron chi connectivity index (χ3n) is 5.90. The van der Waals surface area contributed by atoms with E-state index < -0.39 is 0 Å². The van der Waals surface area contributed by atoms with E-state index in [1.165, 1.54) is 11.1 Å². The normalized spacial score (nSPS) is 12.7. The Labute approximate surface area is 204 Å². The lowest BCUT2D eigenvalue weighted by Crippen LogP contribution is -2.33. The smallest absolute Gasteiger partial charge is 0.257 e. The highest BCUT2D eigenvalue weighted by Gasteiger charge is 2.22. The molecule has 3 aromatic carbocycles. The molecule has 0 atom stereocenters. The number of nitrogens with one attached hydrogen (secondary N) is 2. The van der Waals surface area contributed by atoms with Gasteiger partial charge in [-0.15, -0.1) is 0 Å². The molecule has 2 amide bonds. The molecule has 3 aromatic rings. The Morgan fingerprint density at radius 3 is 2.53 bits per heavy atom. The average Bonchev–Trinajstić information content (AvgIpc) is 2.86. The molecule has 1 heterocycles. The van der Waals surface area contributed by atoms with Gasteiger partial charge in [-0.1, -0.05) is 48.0 Å². The molecule has 0 aromatic heterocycles. The second kappa shape index (κ2) is 11.2. The molecule has 1 aliphatic heterocycles. The summed E-state index contributed by atoms with van der Waals surface area (Å²) in [5.74, 6) is -0.504. The molecule has 0 saturated carbocycles. The number of amides is 2. The van der Waals surface area contributed by atoms with Gasteiger partial charge in [0.1, 0.15) is 0 Å². The van der Waals surface area contributed by atoms with Crippen LogP contribution in [0.15, 0.2) is 66.7 Å². The van der Waals surface area contributed by atoms with Crippen molar-refractivity contribution in [3.63, 3.8) is 0 Å². The predicted octanol–water partition coefficient (Wildman–Crippen LogP) is 4.92. The maximum absolute atomic E-state index is 13.2. The summed E-state index contributed by atoms with van der Waals surface area (Å²) >= 11 is 6.18. The van der Waals surface area contributed by atoms with Gasteiger partial charge in [-0.05, 0) is 54.3 Å². The number of benzene rings is 3. The van der Waals surface area contributed by atoms with Gasteiger partial charge >= 0.3 is 0 Å². The van der Waals surface area contributed by atoms with Crippen molar-refractivity contribution in [1.29, 1.82) is 0 Å². The van der Waals surface area contributed by atoms with Crippen LogP contribution in [0.5, 0.6) is 0 Å². The number of anilines is 2. The maximum atomic E-state index is 13.2. The number of rotatable bonds is 8. The van der Waals surface area contributed by atoms with Crippen molar-refractivity contribution in [3.8, 4) is 0 Å². The SMILES string of the molecule is COCCCNC(=O)c1cc(NC(=O)c2ccccc2Cl)ccc1N1CCc2ccccc2C1. The maximum Gasteiger partial charge on any atom is 0.257 e. The second-order valence-corrected chi connectivity index (χ2v) is 8.62. The minimum absolute atomic E-state index is 0.182. The Bertz CT molecular complexity index is 1180. The van der Waals surface area contributed by atoms with Crippen LogP contribution in [0.4, 0.5) is 11.4 Å². The third kappa shape index (κ3) is 5.58. The topological polar surface area (TPSA) is 70.7 Å². The minimum atomic E-state index is -0.322. The first-order valence-electron chi connectivity index (χ1n) is 11.4. The first-order valence-corrected chi connectivity index (χ1v) is 11.7. The zero-order valence-corrected chi connectivity index (χ0v) is 19.9. The van der Waals surface area contributed by atoms with Crippen LogP contribution in [0.1, 0.15) is 38.3 Å². The van der Waals surface area contributed by atoms with E-state index in [1.54, 1.807) is 37.4 Å². The van der Waals surface area contributed by atoms with Crippen LogP contribution in [0, 0.1) is 0 Å². The van der Waals surface area contributed by atoms with E-state index in [4.69, 9.17) is 16.3 Å². The first kappa shape index (κ1) is 23.8. The van der Waals surface area contributed by atoms with Gasteiger partial charge in [0.2, 0.25) is 0 Å². The highest BCUT2D eigenvalue weighted by molar-refractivity contribution is 6.34. The van der Waals surface area contributed by atoms with Crippen molar-refractivity contribution in [2.45, 2.75) is 19.4 Å². The first-order chi connectivity index (χ1) is 16.6. The van der Waals surface area contributed by atoms with E-state index in [2.05, 4.69) is 33.7 Å². The standard InChI is InChI=1S/C27H28ClN3O3/c1-34-16-6-14-29-26(32)23-17-21(30-27(33)22-9-4-5-10-24(22)28)11-12-25(23)31-15-13-19-7-2-3-8-20(19)18-31/h2-5,7-12,17H,6,13-16,18H2,1H3,(H,29,32)(H,30,33). The number of carbonyl (C=O) groups excluding carboxylic acids is 2. The van der Waals surface area contributed by atoms with E-state index in [0.717, 1.165) is 31.6 Å². The molecule has 1 aliphatic rings. The average molecular weight is 478 g/mol. The van der Waals surface area contributed by atoms with Gasteiger partial charge in [0.25, 0.3) is 11.8 Å². The lowest BCUT2D eigenvalue weighted by Gasteiger charge is -2.32. The zero-order chi connectivity index (χ0) is 23.9. The number of nitrogens with zero attached hydrogens (tertiary/aromatic N) is 1. The highest BCUT2D eigenvalue weighted by Crippen LogP contribution is 2.30. The number of methoxy groups -OCH3 is 1. The summed E-state index contributed by atoms with van der Waals surface area (Å²) in [6.45, 7) is 2.62. The van der Waals surface area contributed by atoms with Crippen molar-refractivity contribution in [2.75, 3.05) is 37.0 Å². The van der Waals surface area contributed by atoms with Crippen LogP contribution < -0.4 is 15.5 Å². The number of ether oxygens (including phenoxy) is 1. The molecule has 0 fully saturated rings. The lowest BCUT2D eigenvalue weighted by atomic mass is 9.98. The highest BCUT2D eigenvalue weighted by atomic mass is 35.5. The van der Waals surface area contributed by atoms with Gasteiger partial charge in [-0.25, -0.2) is 0 Å². The predicted molar refractivity (Wildman–Crippen MR) is 136 cm³/mol. The van der Waals surface area contributed by atoms with Gasteiger partial charge in [0.05, 0.1) is 16.1 Å². The monoisotopic (exact) mass is 477 g/mol. The molecule has 34 heavy (non-hydrogen) atoms. The van der Waals surface area contributed by atoms with E-state index in [1.807, 2.05) is 18.2 Å². The molecule has 4 rings (SSSR count). The van der Waals surface area contributed by atoms with Crippen molar-refractivity contribution in [1.82, 2.24) is 5.32 Å². The van der Waals surface area contributed by atoms with Gasteiger partial charge < -0.3 is 20.3 Å². The van der Waals surface area contributed by atoms with Crippen LogP contribution in [-0.4, -0.2) is 38.6 Å². The number of fused-ring (bicyclic) bond motifs is 1. The Hall–Kier alpha value is -3.35. The number of hydrogen-bond acceptors (Lipinski definition) is 4. The number of carbonyl (C=O) groups is 2. The minimum Gasteiger partial charge on any atom is -0.385 e. The fourth-order valence-electron chi connectivity index (χ4n) is 4.13. The summed E-state index contributed by atoms with van der Waals surface area (Å²) in [5, 5.41) is 6.22. The fraction of sp³-hybridized carbons (Fsp3) is 0.259. The van der Waals surface area contributed by atoms with Crippen molar-refractivity contribution < 1.29 is 14.3 Å². The third-order valence-corrected chi connectivity index (χ3v) is 6.23. The zero-order valence-electron chi connectivity index (χ0n) is 19.1. The molecule has 0 aliphatic carbocycles. The van der Waals surface area contributed by atoms with Crippen LogP contribution in [0.3, 0.4) is 0 Å². The molecule has 0 unspecified atom stereocenters.